The molecule has 2 aliphatic rings. The molecule has 0 aromatic heterocycles. The molecule has 1 heterocycles. The molecule has 0 aromatic rings. The van der Waals surface area contributed by atoms with Gasteiger partial charge in [-0.2, -0.15) is 0 Å². The first-order valence-electron chi connectivity index (χ1n) is 7.11. The average molecular weight is 240 g/mol. The Morgan fingerprint density at radius 2 is 2.18 bits per heavy atom. The fourth-order valence-corrected chi connectivity index (χ4v) is 3.23. The van der Waals surface area contributed by atoms with E-state index in [0.717, 1.165) is 19.2 Å². The Hall–Kier alpha value is -0.120. The quantitative estimate of drug-likeness (QED) is 0.794. The van der Waals surface area contributed by atoms with Crippen LogP contribution in [0.2, 0.25) is 0 Å². The highest BCUT2D eigenvalue weighted by Crippen LogP contribution is 2.42. The minimum absolute atomic E-state index is 0.299. The Kier molecular flexibility index (Phi) is 4.11. The van der Waals surface area contributed by atoms with Gasteiger partial charge in [0.1, 0.15) is 0 Å². The van der Waals surface area contributed by atoms with Gasteiger partial charge in [0.2, 0.25) is 0 Å². The van der Waals surface area contributed by atoms with Crippen molar-refractivity contribution >= 4 is 0 Å². The van der Waals surface area contributed by atoms with E-state index < -0.39 is 0 Å². The van der Waals surface area contributed by atoms with Gasteiger partial charge in [0, 0.05) is 30.7 Å². The molecule has 1 aliphatic heterocycles. The molecule has 0 spiro atoms. The molecule has 0 aromatic carbocycles. The number of hydrogen-bond acceptors (Lipinski definition) is 3. The van der Waals surface area contributed by atoms with Crippen molar-refractivity contribution in [3.8, 4) is 0 Å². The summed E-state index contributed by atoms with van der Waals surface area (Å²) < 4.78 is 5.77. The van der Waals surface area contributed by atoms with Crippen LogP contribution in [0, 0.1) is 5.41 Å². The van der Waals surface area contributed by atoms with Gasteiger partial charge in [-0.25, -0.2) is 0 Å². The molecule has 0 bridgehead atoms. The van der Waals surface area contributed by atoms with E-state index in [2.05, 4.69) is 38.0 Å². The van der Waals surface area contributed by atoms with Crippen molar-refractivity contribution in [3.63, 3.8) is 0 Å². The molecule has 3 heteroatoms. The molecule has 0 radical (unpaired) electrons. The molecular formula is C14H28N2O. The van der Waals surface area contributed by atoms with Gasteiger partial charge in [0.05, 0.1) is 6.10 Å². The molecule has 3 unspecified atom stereocenters. The van der Waals surface area contributed by atoms with Crippen LogP contribution in [0.25, 0.3) is 0 Å². The molecule has 1 aliphatic carbocycles. The van der Waals surface area contributed by atoms with Crippen LogP contribution in [0.5, 0.6) is 0 Å². The third kappa shape index (κ3) is 2.67. The monoisotopic (exact) mass is 240 g/mol. The second-order valence-electron chi connectivity index (χ2n) is 6.24. The largest absolute Gasteiger partial charge is 0.378 e. The second kappa shape index (κ2) is 5.25. The number of likely N-dealkylation sites (tertiary alicyclic amines) is 1. The number of rotatable bonds is 5. The first-order valence-corrected chi connectivity index (χ1v) is 7.11. The molecular weight excluding hydrogens is 212 g/mol. The Balaban J connectivity index is 1.74. The van der Waals surface area contributed by atoms with E-state index in [1.165, 1.54) is 25.8 Å². The molecule has 17 heavy (non-hydrogen) atoms. The zero-order valence-corrected chi connectivity index (χ0v) is 11.8. The maximum absolute atomic E-state index is 5.77. The summed E-state index contributed by atoms with van der Waals surface area (Å²) in [6, 6.07) is 1.38. The minimum Gasteiger partial charge on any atom is -0.378 e. The molecule has 2 rings (SSSR count). The lowest BCUT2D eigenvalue weighted by Gasteiger charge is -2.52. The SMILES string of the molecule is CCOC1CC(NCC2CCCN2C)C1(C)C. The maximum atomic E-state index is 5.77. The summed E-state index contributed by atoms with van der Waals surface area (Å²) in [5.74, 6) is 0. The third-order valence-electron chi connectivity index (χ3n) is 4.82. The van der Waals surface area contributed by atoms with E-state index in [0.29, 0.717) is 17.6 Å². The lowest BCUT2D eigenvalue weighted by Crippen LogP contribution is -2.62. The Morgan fingerprint density at radius 1 is 1.41 bits per heavy atom. The zero-order valence-electron chi connectivity index (χ0n) is 11.8. The summed E-state index contributed by atoms with van der Waals surface area (Å²) in [7, 11) is 2.24. The summed E-state index contributed by atoms with van der Waals surface area (Å²) in [6.45, 7) is 9.99. The van der Waals surface area contributed by atoms with Gasteiger partial charge >= 0.3 is 0 Å². The van der Waals surface area contributed by atoms with E-state index in [1.807, 2.05) is 0 Å². The summed E-state index contributed by atoms with van der Waals surface area (Å²) in [6.07, 6.45) is 4.34. The predicted octanol–water partition coefficient (Wildman–Crippen LogP) is 1.87. The third-order valence-corrected chi connectivity index (χ3v) is 4.82. The highest BCUT2D eigenvalue weighted by atomic mass is 16.5. The van der Waals surface area contributed by atoms with E-state index in [9.17, 15) is 0 Å². The molecule has 1 saturated carbocycles. The van der Waals surface area contributed by atoms with Gasteiger partial charge in [-0.05, 0) is 39.8 Å². The van der Waals surface area contributed by atoms with Crippen molar-refractivity contribution in [2.45, 2.75) is 58.2 Å². The van der Waals surface area contributed by atoms with Crippen LogP contribution in [0.1, 0.15) is 40.0 Å². The normalized spacial score (nSPS) is 37.1. The standard InChI is InChI=1S/C14H28N2O/c1-5-17-13-9-12(14(13,2)3)15-10-11-7-6-8-16(11)4/h11-13,15H,5-10H2,1-4H3. The molecule has 0 amide bonds. The van der Waals surface area contributed by atoms with Crippen molar-refractivity contribution in [2.24, 2.45) is 5.41 Å². The Bertz CT molecular complexity index is 255. The van der Waals surface area contributed by atoms with Crippen LogP contribution in [0.4, 0.5) is 0 Å². The first kappa shape index (κ1) is 13.3. The van der Waals surface area contributed by atoms with Gasteiger partial charge in [-0.3, -0.25) is 0 Å². The molecule has 3 nitrogen and oxygen atoms in total. The van der Waals surface area contributed by atoms with E-state index in [-0.39, 0.29) is 0 Å². The summed E-state index contributed by atoms with van der Waals surface area (Å²) in [5, 5.41) is 3.75. The van der Waals surface area contributed by atoms with E-state index in [4.69, 9.17) is 4.74 Å². The number of hydrogen-bond donors (Lipinski definition) is 1. The van der Waals surface area contributed by atoms with Gasteiger partial charge in [-0.15, -0.1) is 0 Å². The van der Waals surface area contributed by atoms with Crippen molar-refractivity contribution in [1.82, 2.24) is 10.2 Å². The molecule has 3 atom stereocenters. The predicted molar refractivity (Wildman–Crippen MR) is 71.3 cm³/mol. The smallest absolute Gasteiger partial charge is 0.0655 e. The molecule has 100 valence electrons. The van der Waals surface area contributed by atoms with Crippen LogP contribution < -0.4 is 5.32 Å². The van der Waals surface area contributed by atoms with Crippen molar-refractivity contribution in [1.29, 1.82) is 0 Å². The van der Waals surface area contributed by atoms with Gasteiger partial charge in [0.25, 0.3) is 0 Å². The highest BCUT2D eigenvalue weighted by molar-refractivity contribution is 5.03. The summed E-state index contributed by atoms with van der Waals surface area (Å²) in [5.41, 5.74) is 0.299. The summed E-state index contributed by atoms with van der Waals surface area (Å²) in [4.78, 5) is 2.48. The molecule has 2 fully saturated rings. The number of ether oxygens (including phenoxy) is 1. The maximum Gasteiger partial charge on any atom is 0.0655 e. The van der Waals surface area contributed by atoms with Crippen molar-refractivity contribution < 1.29 is 4.74 Å². The van der Waals surface area contributed by atoms with Gasteiger partial charge < -0.3 is 15.0 Å². The fraction of sp³-hybridized carbons (Fsp3) is 1.00. The van der Waals surface area contributed by atoms with E-state index in [1.54, 1.807) is 0 Å². The Labute approximate surface area is 106 Å². The molecule has 1 saturated heterocycles. The van der Waals surface area contributed by atoms with E-state index >= 15 is 0 Å². The van der Waals surface area contributed by atoms with Crippen LogP contribution in [0.3, 0.4) is 0 Å². The van der Waals surface area contributed by atoms with Crippen LogP contribution in [-0.4, -0.2) is 49.8 Å². The second-order valence-corrected chi connectivity index (χ2v) is 6.24. The van der Waals surface area contributed by atoms with Crippen LogP contribution in [0.15, 0.2) is 0 Å². The van der Waals surface area contributed by atoms with Gasteiger partial charge in [0.15, 0.2) is 0 Å². The number of nitrogens with one attached hydrogen (secondary N) is 1. The molecule has 1 N–H and O–H groups in total. The van der Waals surface area contributed by atoms with Crippen molar-refractivity contribution in [2.75, 3.05) is 26.7 Å². The summed E-state index contributed by atoms with van der Waals surface area (Å²) >= 11 is 0. The lowest BCUT2D eigenvalue weighted by atomic mass is 9.64. The highest BCUT2D eigenvalue weighted by Gasteiger charge is 2.48. The number of nitrogens with zero attached hydrogens (tertiary/aromatic N) is 1. The zero-order chi connectivity index (χ0) is 12.5. The minimum atomic E-state index is 0.299. The number of likely N-dealkylation sites (N-methyl/N-ethyl adjacent to an activating group) is 1. The van der Waals surface area contributed by atoms with Crippen LogP contribution >= 0.6 is 0 Å². The topological polar surface area (TPSA) is 24.5 Å². The average Bonchev–Trinajstić information content (AvgIpc) is 2.68. The van der Waals surface area contributed by atoms with Crippen molar-refractivity contribution in [3.05, 3.63) is 0 Å². The van der Waals surface area contributed by atoms with Crippen LogP contribution in [-0.2, 0) is 4.74 Å². The first-order chi connectivity index (χ1) is 8.05. The fourth-order valence-electron chi connectivity index (χ4n) is 3.23. The Morgan fingerprint density at radius 3 is 2.71 bits per heavy atom. The van der Waals surface area contributed by atoms with Gasteiger partial charge in [-0.1, -0.05) is 13.8 Å². The lowest BCUT2D eigenvalue weighted by molar-refractivity contribution is -0.114.